The van der Waals surface area contributed by atoms with Gasteiger partial charge in [-0.25, -0.2) is 4.39 Å². The van der Waals surface area contributed by atoms with Crippen LogP contribution in [-0.2, 0) is 5.75 Å². The third-order valence-electron chi connectivity index (χ3n) is 4.33. The van der Waals surface area contributed by atoms with E-state index in [9.17, 15) is 4.39 Å². The highest BCUT2D eigenvalue weighted by Crippen LogP contribution is 2.31. The van der Waals surface area contributed by atoms with E-state index in [2.05, 4.69) is 42.2 Å². The Morgan fingerprint density at radius 1 is 1.04 bits per heavy atom. The average molecular weight is 379 g/mol. The van der Waals surface area contributed by atoms with E-state index in [0.717, 1.165) is 5.75 Å². The molecule has 4 aromatic rings. The SMILES string of the molecule is Cc1ccc(C)c(CSc2nnc(-c3ccco3)n2-c2ccccc2F)c1. The first kappa shape index (κ1) is 17.5. The standard InChI is InChI=1S/C21H18FN3OS/c1-14-9-10-15(2)16(12-14)13-27-21-24-23-20(19-8-5-11-26-19)25(21)18-7-4-3-6-17(18)22/h3-12H,13H2,1-2H3. The van der Waals surface area contributed by atoms with Crippen LogP contribution in [0.1, 0.15) is 16.7 Å². The molecule has 0 atom stereocenters. The summed E-state index contributed by atoms with van der Waals surface area (Å²) < 4.78 is 21.7. The molecule has 0 amide bonds. The second-order valence-corrected chi connectivity index (χ2v) is 7.23. The number of hydrogen-bond donors (Lipinski definition) is 0. The molecule has 0 saturated heterocycles. The molecule has 0 saturated carbocycles. The minimum Gasteiger partial charge on any atom is -0.461 e. The Balaban J connectivity index is 1.75. The molecule has 0 aliphatic heterocycles. The molecule has 136 valence electrons. The molecular weight excluding hydrogens is 361 g/mol. The van der Waals surface area contributed by atoms with Crippen molar-refractivity contribution in [1.29, 1.82) is 0 Å². The zero-order valence-corrected chi connectivity index (χ0v) is 15.8. The van der Waals surface area contributed by atoms with Crippen molar-refractivity contribution >= 4 is 11.8 Å². The van der Waals surface area contributed by atoms with Gasteiger partial charge in [0.1, 0.15) is 5.82 Å². The first-order chi connectivity index (χ1) is 13.1. The van der Waals surface area contributed by atoms with Gasteiger partial charge in [-0.1, -0.05) is 47.7 Å². The lowest BCUT2D eigenvalue weighted by atomic mass is 10.1. The van der Waals surface area contributed by atoms with Gasteiger partial charge in [0.25, 0.3) is 0 Å². The lowest BCUT2D eigenvalue weighted by Crippen LogP contribution is -2.02. The van der Waals surface area contributed by atoms with Crippen molar-refractivity contribution in [3.63, 3.8) is 0 Å². The van der Waals surface area contributed by atoms with E-state index in [1.54, 1.807) is 41.2 Å². The minimum atomic E-state index is -0.335. The summed E-state index contributed by atoms with van der Waals surface area (Å²) in [6.45, 7) is 4.16. The molecule has 0 spiro atoms. The molecule has 4 rings (SSSR count). The zero-order valence-electron chi connectivity index (χ0n) is 15.0. The van der Waals surface area contributed by atoms with Crippen molar-refractivity contribution in [2.24, 2.45) is 0 Å². The summed E-state index contributed by atoms with van der Waals surface area (Å²) in [5.74, 6) is 1.41. The van der Waals surface area contributed by atoms with Crippen molar-refractivity contribution in [3.05, 3.63) is 83.4 Å². The smallest absolute Gasteiger partial charge is 0.205 e. The highest BCUT2D eigenvalue weighted by atomic mass is 32.2. The predicted molar refractivity (Wildman–Crippen MR) is 104 cm³/mol. The van der Waals surface area contributed by atoms with Gasteiger partial charge in [-0.15, -0.1) is 10.2 Å². The number of aryl methyl sites for hydroxylation is 2. The minimum absolute atomic E-state index is 0.335. The van der Waals surface area contributed by atoms with Crippen molar-refractivity contribution in [2.45, 2.75) is 24.8 Å². The van der Waals surface area contributed by atoms with Gasteiger partial charge in [-0.2, -0.15) is 0 Å². The van der Waals surface area contributed by atoms with Gasteiger partial charge in [0.15, 0.2) is 10.9 Å². The van der Waals surface area contributed by atoms with E-state index in [0.29, 0.717) is 22.4 Å². The highest BCUT2D eigenvalue weighted by molar-refractivity contribution is 7.98. The first-order valence-corrected chi connectivity index (χ1v) is 9.55. The molecule has 0 fully saturated rings. The molecule has 2 aromatic carbocycles. The molecular formula is C21H18FN3OS. The second kappa shape index (κ2) is 7.40. The molecule has 0 unspecified atom stereocenters. The fraction of sp³-hybridized carbons (Fsp3) is 0.143. The molecule has 0 N–H and O–H groups in total. The molecule has 6 heteroatoms. The molecule has 0 aliphatic rings. The highest BCUT2D eigenvalue weighted by Gasteiger charge is 2.20. The lowest BCUT2D eigenvalue weighted by Gasteiger charge is -2.11. The number of para-hydroxylation sites is 1. The maximum Gasteiger partial charge on any atom is 0.205 e. The number of furan rings is 1. The predicted octanol–water partition coefficient (Wildman–Crippen LogP) is 5.58. The number of aromatic nitrogens is 3. The van der Waals surface area contributed by atoms with Crippen molar-refractivity contribution in [3.8, 4) is 17.3 Å². The van der Waals surface area contributed by atoms with Gasteiger partial charge < -0.3 is 4.42 Å². The van der Waals surface area contributed by atoms with E-state index in [-0.39, 0.29) is 5.82 Å². The van der Waals surface area contributed by atoms with Crippen molar-refractivity contribution < 1.29 is 8.81 Å². The average Bonchev–Trinajstić information content (AvgIpc) is 3.32. The van der Waals surface area contributed by atoms with E-state index in [1.807, 2.05) is 0 Å². The quantitative estimate of drug-likeness (QED) is 0.425. The van der Waals surface area contributed by atoms with Crippen LogP contribution in [-0.4, -0.2) is 14.8 Å². The Bertz CT molecular complexity index is 1070. The Kier molecular flexibility index (Phi) is 4.81. The fourth-order valence-electron chi connectivity index (χ4n) is 2.88. The number of nitrogens with zero attached hydrogens (tertiary/aromatic N) is 3. The summed E-state index contributed by atoms with van der Waals surface area (Å²) in [4.78, 5) is 0. The number of rotatable bonds is 5. The van der Waals surface area contributed by atoms with Gasteiger partial charge >= 0.3 is 0 Å². The lowest BCUT2D eigenvalue weighted by molar-refractivity contribution is 0.572. The second-order valence-electron chi connectivity index (χ2n) is 6.29. The van der Waals surface area contributed by atoms with E-state index >= 15 is 0 Å². The van der Waals surface area contributed by atoms with E-state index in [4.69, 9.17) is 4.42 Å². The van der Waals surface area contributed by atoms with Gasteiger partial charge in [0.05, 0.1) is 12.0 Å². The summed E-state index contributed by atoms with van der Waals surface area (Å²) in [6.07, 6.45) is 1.57. The molecule has 0 radical (unpaired) electrons. The zero-order chi connectivity index (χ0) is 18.8. The normalized spacial score (nSPS) is 11.1. The van der Waals surface area contributed by atoms with Gasteiger partial charge in [0.2, 0.25) is 5.82 Å². The number of hydrogen-bond acceptors (Lipinski definition) is 4. The summed E-state index contributed by atoms with van der Waals surface area (Å²) >= 11 is 1.53. The van der Waals surface area contributed by atoms with Crippen molar-refractivity contribution in [1.82, 2.24) is 14.8 Å². The molecule has 2 heterocycles. The fourth-order valence-corrected chi connectivity index (χ4v) is 3.89. The van der Waals surface area contributed by atoms with Crippen LogP contribution >= 0.6 is 11.8 Å². The Morgan fingerprint density at radius 3 is 2.67 bits per heavy atom. The Hall–Kier alpha value is -2.86. The van der Waals surface area contributed by atoms with Gasteiger partial charge in [0, 0.05) is 5.75 Å². The van der Waals surface area contributed by atoms with Crippen molar-refractivity contribution in [2.75, 3.05) is 0 Å². The molecule has 4 nitrogen and oxygen atoms in total. The van der Waals surface area contributed by atoms with Crippen LogP contribution in [0.5, 0.6) is 0 Å². The summed E-state index contributed by atoms with van der Waals surface area (Å²) in [6, 6.07) is 16.6. The summed E-state index contributed by atoms with van der Waals surface area (Å²) in [7, 11) is 0. The molecule has 0 bridgehead atoms. The Morgan fingerprint density at radius 2 is 1.89 bits per heavy atom. The van der Waals surface area contributed by atoms with Gasteiger partial charge in [-0.3, -0.25) is 4.57 Å². The molecule has 27 heavy (non-hydrogen) atoms. The maximum absolute atomic E-state index is 14.5. The van der Waals surface area contributed by atoms with Crippen LogP contribution in [0.2, 0.25) is 0 Å². The van der Waals surface area contributed by atoms with E-state index < -0.39 is 0 Å². The number of benzene rings is 2. The van der Waals surface area contributed by atoms with Crippen LogP contribution in [0, 0.1) is 19.7 Å². The number of thioether (sulfide) groups is 1. The topological polar surface area (TPSA) is 43.9 Å². The van der Waals surface area contributed by atoms with Gasteiger partial charge in [-0.05, 0) is 49.2 Å². The summed E-state index contributed by atoms with van der Waals surface area (Å²) in [5, 5.41) is 9.18. The van der Waals surface area contributed by atoms with Crippen LogP contribution in [0.4, 0.5) is 4.39 Å². The first-order valence-electron chi connectivity index (χ1n) is 8.56. The van der Waals surface area contributed by atoms with Crippen LogP contribution in [0.3, 0.4) is 0 Å². The molecule has 0 aliphatic carbocycles. The molecule has 2 aromatic heterocycles. The van der Waals surface area contributed by atoms with E-state index in [1.165, 1.54) is 34.5 Å². The number of halogens is 1. The monoisotopic (exact) mass is 379 g/mol. The Labute approximate surface area is 161 Å². The summed E-state index contributed by atoms with van der Waals surface area (Å²) in [5.41, 5.74) is 4.05. The maximum atomic E-state index is 14.5. The largest absolute Gasteiger partial charge is 0.461 e. The van der Waals surface area contributed by atoms with Crippen LogP contribution < -0.4 is 0 Å². The van der Waals surface area contributed by atoms with Crippen LogP contribution in [0.25, 0.3) is 17.3 Å². The van der Waals surface area contributed by atoms with Crippen LogP contribution in [0.15, 0.2) is 70.4 Å². The third-order valence-corrected chi connectivity index (χ3v) is 5.31. The third kappa shape index (κ3) is 3.53.